The van der Waals surface area contributed by atoms with Crippen LogP contribution in [0.5, 0.6) is 17.2 Å². The van der Waals surface area contributed by atoms with Gasteiger partial charge in [-0.2, -0.15) is 13.2 Å². The molecule has 0 aliphatic carbocycles. The van der Waals surface area contributed by atoms with Crippen molar-refractivity contribution in [1.29, 1.82) is 0 Å². The van der Waals surface area contributed by atoms with Gasteiger partial charge in [-0.3, -0.25) is 0 Å². The molecule has 0 heterocycles. The van der Waals surface area contributed by atoms with Crippen LogP contribution >= 0.6 is 0 Å². The number of benzene rings is 3. The molecule has 0 aromatic heterocycles. The first-order valence-electron chi connectivity index (χ1n) is 8.32. The fourth-order valence-corrected chi connectivity index (χ4v) is 2.33. The molecule has 0 spiro atoms. The monoisotopic (exact) mass is 506 g/mol. The molecule has 3 nitrogen and oxygen atoms in total. The summed E-state index contributed by atoms with van der Waals surface area (Å²) in [5, 5.41) is 0. The highest BCUT2D eigenvalue weighted by Crippen LogP contribution is 2.32. The molecule has 3 aromatic carbocycles. The van der Waals surface area contributed by atoms with Crippen LogP contribution in [-0.4, -0.2) is 7.32 Å². The molecular formula is C18H3BF12O3. The van der Waals surface area contributed by atoms with E-state index >= 15 is 0 Å². The van der Waals surface area contributed by atoms with Crippen LogP contribution in [0.3, 0.4) is 0 Å². The van der Waals surface area contributed by atoms with Crippen LogP contribution in [0.2, 0.25) is 0 Å². The number of halogens is 12. The molecule has 34 heavy (non-hydrogen) atoms. The minimum Gasteiger partial charge on any atom is -0.484 e. The van der Waals surface area contributed by atoms with Gasteiger partial charge in [0.1, 0.15) is 0 Å². The quantitative estimate of drug-likeness (QED) is 0.181. The zero-order valence-corrected chi connectivity index (χ0v) is 15.6. The second-order valence-electron chi connectivity index (χ2n) is 6.03. The Hall–Kier alpha value is -3.72. The van der Waals surface area contributed by atoms with Crippen LogP contribution < -0.4 is 14.0 Å². The lowest BCUT2D eigenvalue weighted by atomic mass is 10.1. The summed E-state index contributed by atoms with van der Waals surface area (Å²) < 4.78 is 176. The van der Waals surface area contributed by atoms with Gasteiger partial charge in [0.2, 0.25) is 17.5 Å². The smallest absolute Gasteiger partial charge is 0.484 e. The van der Waals surface area contributed by atoms with Crippen molar-refractivity contribution < 1.29 is 66.6 Å². The van der Waals surface area contributed by atoms with E-state index in [2.05, 4.69) is 14.0 Å². The highest BCUT2D eigenvalue weighted by Gasteiger charge is 2.39. The summed E-state index contributed by atoms with van der Waals surface area (Å²) in [6.45, 7) is 0. The number of hydrogen-bond donors (Lipinski definition) is 0. The lowest BCUT2D eigenvalue weighted by Crippen LogP contribution is -2.39. The highest BCUT2D eigenvalue weighted by molar-refractivity contribution is 6.39. The molecule has 0 N–H and O–H groups in total. The van der Waals surface area contributed by atoms with E-state index in [-0.39, 0.29) is 18.2 Å². The van der Waals surface area contributed by atoms with E-state index in [0.29, 0.717) is 0 Å². The third-order valence-corrected chi connectivity index (χ3v) is 3.86. The van der Waals surface area contributed by atoms with Crippen LogP contribution in [0.1, 0.15) is 0 Å². The fourth-order valence-electron chi connectivity index (χ4n) is 2.33. The lowest BCUT2D eigenvalue weighted by molar-refractivity contribution is 0.258. The van der Waals surface area contributed by atoms with Crippen molar-refractivity contribution in [2.75, 3.05) is 0 Å². The van der Waals surface area contributed by atoms with Gasteiger partial charge in [0.15, 0.2) is 69.6 Å². The van der Waals surface area contributed by atoms with E-state index < -0.39 is 94.4 Å². The summed E-state index contributed by atoms with van der Waals surface area (Å²) >= 11 is 0. The SMILES string of the molecule is Fc1cc(F)c(OB(Oc2c(F)cc(F)c(F)c2F)Oc2c(F)cc(F)c(F)c2F)c(F)c1F. The Morgan fingerprint density at radius 1 is 0.353 bits per heavy atom. The zero-order valence-electron chi connectivity index (χ0n) is 15.6. The molecule has 0 aliphatic rings. The Kier molecular flexibility index (Phi) is 6.79. The lowest BCUT2D eigenvalue weighted by Gasteiger charge is -2.19. The summed E-state index contributed by atoms with van der Waals surface area (Å²) in [6, 6.07) is -0.910. The maximum Gasteiger partial charge on any atom is 0.864 e. The molecule has 0 unspecified atom stereocenters. The fraction of sp³-hybridized carbons (Fsp3) is 0. The van der Waals surface area contributed by atoms with Gasteiger partial charge < -0.3 is 14.0 Å². The van der Waals surface area contributed by atoms with Crippen molar-refractivity contribution in [2.45, 2.75) is 0 Å². The molecule has 0 fully saturated rings. The summed E-state index contributed by atoms with van der Waals surface area (Å²) in [5.74, 6) is -32.8. The third-order valence-electron chi connectivity index (χ3n) is 3.86. The van der Waals surface area contributed by atoms with Gasteiger partial charge in [0.25, 0.3) is 0 Å². The second kappa shape index (κ2) is 9.27. The molecule has 0 saturated heterocycles. The van der Waals surface area contributed by atoms with Crippen molar-refractivity contribution >= 4 is 7.32 Å². The molecule has 0 atom stereocenters. The maximum absolute atomic E-state index is 13.9. The van der Waals surface area contributed by atoms with Gasteiger partial charge in [-0.15, -0.1) is 0 Å². The van der Waals surface area contributed by atoms with Crippen molar-refractivity contribution in [3.05, 3.63) is 88.0 Å². The maximum atomic E-state index is 13.9. The van der Waals surface area contributed by atoms with Gasteiger partial charge in [-0.1, -0.05) is 0 Å². The normalized spacial score (nSPS) is 10.9. The van der Waals surface area contributed by atoms with E-state index in [0.717, 1.165) is 0 Å². The Morgan fingerprint density at radius 2 is 0.588 bits per heavy atom. The molecule has 3 rings (SSSR count). The second-order valence-corrected chi connectivity index (χ2v) is 6.03. The molecule has 16 heteroatoms. The van der Waals surface area contributed by atoms with Gasteiger partial charge in [-0.05, 0) is 0 Å². The van der Waals surface area contributed by atoms with Crippen LogP contribution in [0, 0.1) is 69.8 Å². The Balaban J connectivity index is 2.12. The van der Waals surface area contributed by atoms with Gasteiger partial charge in [0.05, 0.1) is 0 Å². The molecular weight excluding hydrogens is 503 g/mol. The predicted molar refractivity (Wildman–Crippen MR) is 86.5 cm³/mol. The van der Waals surface area contributed by atoms with Crippen LogP contribution in [0.25, 0.3) is 0 Å². The number of hydrogen-bond acceptors (Lipinski definition) is 3. The van der Waals surface area contributed by atoms with E-state index in [9.17, 15) is 52.7 Å². The van der Waals surface area contributed by atoms with E-state index in [1.54, 1.807) is 0 Å². The first-order chi connectivity index (χ1) is 15.8. The van der Waals surface area contributed by atoms with E-state index in [4.69, 9.17) is 0 Å². The number of rotatable bonds is 6. The Morgan fingerprint density at radius 3 is 0.824 bits per heavy atom. The molecule has 0 amide bonds. The average molecular weight is 506 g/mol. The summed E-state index contributed by atoms with van der Waals surface area (Å²) in [4.78, 5) is 0. The average Bonchev–Trinajstić information content (AvgIpc) is 2.77. The topological polar surface area (TPSA) is 27.7 Å². The van der Waals surface area contributed by atoms with Gasteiger partial charge >= 0.3 is 7.32 Å². The highest BCUT2D eigenvalue weighted by atomic mass is 19.2. The standard InChI is InChI=1S/C18H3BF12O3/c20-4-1-7(23)16(13(29)10(4)26)32-19(33-17-8(24)2-5(21)11(27)14(17)30)34-18-9(25)3-6(22)12(28)15(18)31/h1-3H. The molecule has 3 aromatic rings. The minimum absolute atomic E-state index is 0.303. The minimum atomic E-state index is -3.24. The summed E-state index contributed by atoms with van der Waals surface area (Å²) in [7, 11) is -3.24. The van der Waals surface area contributed by atoms with Crippen molar-refractivity contribution in [3.63, 3.8) is 0 Å². The van der Waals surface area contributed by atoms with Crippen molar-refractivity contribution in [2.24, 2.45) is 0 Å². The van der Waals surface area contributed by atoms with Gasteiger partial charge in [-0.25, -0.2) is 39.5 Å². The largest absolute Gasteiger partial charge is 0.864 e. The first kappa shape index (κ1) is 24.9. The van der Waals surface area contributed by atoms with E-state index in [1.807, 2.05) is 0 Å². The van der Waals surface area contributed by atoms with E-state index in [1.165, 1.54) is 0 Å². The zero-order chi connectivity index (χ0) is 25.5. The molecule has 0 bridgehead atoms. The third kappa shape index (κ3) is 4.52. The van der Waals surface area contributed by atoms with Crippen molar-refractivity contribution in [1.82, 2.24) is 0 Å². The molecule has 180 valence electrons. The molecule has 0 radical (unpaired) electrons. The van der Waals surface area contributed by atoms with Crippen LogP contribution in [0.4, 0.5) is 52.7 Å². The van der Waals surface area contributed by atoms with Crippen LogP contribution in [-0.2, 0) is 0 Å². The Labute approximate surface area is 180 Å². The predicted octanol–water partition coefficient (Wildman–Crippen LogP) is 5.88. The van der Waals surface area contributed by atoms with Crippen molar-refractivity contribution in [3.8, 4) is 17.2 Å². The van der Waals surface area contributed by atoms with Gasteiger partial charge in [0, 0.05) is 18.2 Å². The first-order valence-corrected chi connectivity index (χ1v) is 8.32. The summed E-state index contributed by atoms with van der Waals surface area (Å²) in [5.41, 5.74) is 0. The Bertz CT molecular complexity index is 1130. The summed E-state index contributed by atoms with van der Waals surface area (Å²) in [6.07, 6.45) is 0. The van der Waals surface area contributed by atoms with Crippen LogP contribution in [0.15, 0.2) is 18.2 Å². The molecule has 0 aliphatic heterocycles. The molecule has 0 saturated carbocycles.